The molecule has 12 heavy (non-hydrogen) atoms. The SMILES string of the molecule is C#CCCC(NC)C(CC)CC. The first-order valence-electron chi connectivity index (χ1n) is 4.90. The van der Waals surface area contributed by atoms with E-state index in [0.29, 0.717) is 6.04 Å². The highest BCUT2D eigenvalue weighted by molar-refractivity contribution is 4.86. The molecule has 0 aliphatic heterocycles. The Morgan fingerprint density at radius 2 is 1.92 bits per heavy atom. The van der Waals surface area contributed by atoms with Crippen LogP contribution in [0.3, 0.4) is 0 Å². The first kappa shape index (κ1) is 11.5. The van der Waals surface area contributed by atoms with Gasteiger partial charge >= 0.3 is 0 Å². The van der Waals surface area contributed by atoms with Gasteiger partial charge in [0.2, 0.25) is 0 Å². The van der Waals surface area contributed by atoms with Crippen molar-refractivity contribution in [2.45, 2.75) is 45.6 Å². The Morgan fingerprint density at radius 3 is 2.25 bits per heavy atom. The van der Waals surface area contributed by atoms with Crippen LogP contribution in [-0.4, -0.2) is 13.1 Å². The lowest BCUT2D eigenvalue weighted by atomic mass is 9.91. The molecule has 0 aliphatic carbocycles. The van der Waals surface area contributed by atoms with Crippen LogP contribution >= 0.6 is 0 Å². The van der Waals surface area contributed by atoms with Gasteiger partial charge in [-0.15, -0.1) is 12.3 Å². The molecule has 0 rings (SSSR count). The standard InChI is InChI=1S/C11H21N/c1-5-8-9-11(12-4)10(6-2)7-3/h1,10-12H,6-9H2,2-4H3. The molecule has 0 saturated heterocycles. The van der Waals surface area contributed by atoms with Crippen molar-refractivity contribution in [2.75, 3.05) is 7.05 Å². The molecule has 70 valence electrons. The predicted molar refractivity (Wildman–Crippen MR) is 55.0 cm³/mol. The molecule has 0 heterocycles. The van der Waals surface area contributed by atoms with E-state index in [1.54, 1.807) is 0 Å². The Morgan fingerprint density at radius 1 is 1.33 bits per heavy atom. The van der Waals surface area contributed by atoms with Crippen molar-refractivity contribution in [1.29, 1.82) is 0 Å². The van der Waals surface area contributed by atoms with Crippen molar-refractivity contribution in [3.8, 4) is 12.3 Å². The quantitative estimate of drug-likeness (QED) is 0.599. The van der Waals surface area contributed by atoms with Crippen molar-refractivity contribution in [3.63, 3.8) is 0 Å². The Balaban J connectivity index is 3.85. The molecule has 1 N–H and O–H groups in total. The zero-order valence-corrected chi connectivity index (χ0v) is 8.56. The molecule has 0 aromatic heterocycles. The van der Waals surface area contributed by atoms with E-state index >= 15 is 0 Å². The van der Waals surface area contributed by atoms with E-state index in [0.717, 1.165) is 18.8 Å². The summed E-state index contributed by atoms with van der Waals surface area (Å²) in [4.78, 5) is 0. The van der Waals surface area contributed by atoms with Crippen LogP contribution < -0.4 is 5.32 Å². The van der Waals surface area contributed by atoms with Crippen LogP contribution in [-0.2, 0) is 0 Å². The number of terminal acetylenes is 1. The Kier molecular flexibility index (Phi) is 6.90. The van der Waals surface area contributed by atoms with Gasteiger partial charge in [-0.3, -0.25) is 0 Å². The van der Waals surface area contributed by atoms with E-state index in [-0.39, 0.29) is 0 Å². The fourth-order valence-electron chi connectivity index (χ4n) is 1.71. The third-order valence-corrected chi connectivity index (χ3v) is 2.59. The predicted octanol–water partition coefficient (Wildman–Crippen LogP) is 2.42. The third kappa shape index (κ3) is 3.78. The summed E-state index contributed by atoms with van der Waals surface area (Å²) >= 11 is 0. The molecule has 0 bridgehead atoms. The smallest absolute Gasteiger partial charge is 0.0101 e. The summed E-state index contributed by atoms with van der Waals surface area (Å²) in [6.07, 6.45) is 9.72. The van der Waals surface area contributed by atoms with Gasteiger partial charge in [-0.05, 0) is 19.4 Å². The van der Waals surface area contributed by atoms with Gasteiger partial charge in [-0.2, -0.15) is 0 Å². The summed E-state index contributed by atoms with van der Waals surface area (Å²) in [7, 11) is 2.03. The highest BCUT2D eigenvalue weighted by atomic mass is 14.9. The molecule has 1 nitrogen and oxygen atoms in total. The van der Waals surface area contributed by atoms with Crippen LogP contribution in [0.1, 0.15) is 39.5 Å². The molecule has 1 atom stereocenters. The second kappa shape index (κ2) is 7.18. The largest absolute Gasteiger partial charge is 0.317 e. The van der Waals surface area contributed by atoms with Crippen LogP contribution in [0.2, 0.25) is 0 Å². The Bertz CT molecular complexity index is 130. The maximum Gasteiger partial charge on any atom is 0.0101 e. The van der Waals surface area contributed by atoms with Crippen LogP contribution in [0, 0.1) is 18.3 Å². The molecule has 1 unspecified atom stereocenters. The molecule has 0 radical (unpaired) electrons. The van der Waals surface area contributed by atoms with E-state index < -0.39 is 0 Å². The van der Waals surface area contributed by atoms with Crippen molar-refractivity contribution >= 4 is 0 Å². The fourth-order valence-corrected chi connectivity index (χ4v) is 1.71. The second-order valence-electron chi connectivity index (χ2n) is 3.21. The number of hydrogen-bond donors (Lipinski definition) is 1. The monoisotopic (exact) mass is 167 g/mol. The zero-order chi connectivity index (χ0) is 9.40. The zero-order valence-electron chi connectivity index (χ0n) is 8.56. The minimum absolute atomic E-state index is 0.607. The highest BCUT2D eigenvalue weighted by Crippen LogP contribution is 2.16. The Labute approximate surface area is 76.9 Å². The summed E-state index contributed by atoms with van der Waals surface area (Å²) in [5.74, 6) is 3.48. The number of nitrogens with one attached hydrogen (secondary N) is 1. The Hall–Kier alpha value is -0.480. The summed E-state index contributed by atoms with van der Waals surface area (Å²) in [5, 5.41) is 3.34. The fraction of sp³-hybridized carbons (Fsp3) is 0.818. The summed E-state index contributed by atoms with van der Waals surface area (Å²) < 4.78 is 0. The second-order valence-corrected chi connectivity index (χ2v) is 3.21. The third-order valence-electron chi connectivity index (χ3n) is 2.59. The molecule has 0 fully saturated rings. The average molecular weight is 167 g/mol. The van der Waals surface area contributed by atoms with Gasteiger partial charge in [0.25, 0.3) is 0 Å². The topological polar surface area (TPSA) is 12.0 Å². The van der Waals surface area contributed by atoms with E-state index in [9.17, 15) is 0 Å². The molecular weight excluding hydrogens is 146 g/mol. The summed E-state index contributed by atoms with van der Waals surface area (Å²) in [5.41, 5.74) is 0. The van der Waals surface area contributed by atoms with E-state index in [1.807, 2.05) is 7.05 Å². The van der Waals surface area contributed by atoms with Gasteiger partial charge in [-0.1, -0.05) is 26.7 Å². The minimum atomic E-state index is 0.607. The summed E-state index contributed by atoms with van der Waals surface area (Å²) in [6.45, 7) is 4.49. The van der Waals surface area contributed by atoms with Gasteiger partial charge in [0.15, 0.2) is 0 Å². The van der Waals surface area contributed by atoms with Crippen LogP contribution in [0.5, 0.6) is 0 Å². The maximum atomic E-state index is 5.24. The molecular formula is C11H21N. The molecule has 0 spiro atoms. The maximum absolute atomic E-state index is 5.24. The van der Waals surface area contributed by atoms with E-state index in [2.05, 4.69) is 25.1 Å². The lowest BCUT2D eigenvalue weighted by molar-refractivity contribution is 0.337. The van der Waals surface area contributed by atoms with Crippen LogP contribution in [0.25, 0.3) is 0 Å². The van der Waals surface area contributed by atoms with Crippen molar-refractivity contribution in [3.05, 3.63) is 0 Å². The van der Waals surface area contributed by atoms with Gasteiger partial charge in [0, 0.05) is 12.5 Å². The van der Waals surface area contributed by atoms with Gasteiger partial charge < -0.3 is 5.32 Å². The number of hydrogen-bond acceptors (Lipinski definition) is 1. The molecule has 0 aliphatic rings. The lowest BCUT2D eigenvalue weighted by Crippen LogP contribution is -2.32. The molecule has 0 aromatic rings. The normalized spacial score (nSPS) is 12.9. The van der Waals surface area contributed by atoms with Crippen LogP contribution in [0.4, 0.5) is 0 Å². The molecule has 0 amide bonds. The molecule has 0 saturated carbocycles. The lowest BCUT2D eigenvalue weighted by Gasteiger charge is -2.23. The van der Waals surface area contributed by atoms with Crippen molar-refractivity contribution < 1.29 is 0 Å². The van der Waals surface area contributed by atoms with E-state index in [1.165, 1.54) is 12.8 Å². The molecule has 1 heteroatoms. The van der Waals surface area contributed by atoms with Gasteiger partial charge in [0.1, 0.15) is 0 Å². The van der Waals surface area contributed by atoms with Gasteiger partial charge in [-0.25, -0.2) is 0 Å². The number of rotatable bonds is 6. The average Bonchev–Trinajstić information content (AvgIpc) is 2.12. The van der Waals surface area contributed by atoms with Crippen molar-refractivity contribution in [2.24, 2.45) is 5.92 Å². The summed E-state index contributed by atoms with van der Waals surface area (Å²) in [6, 6.07) is 0.607. The van der Waals surface area contributed by atoms with Crippen LogP contribution in [0.15, 0.2) is 0 Å². The first-order chi connectivity index (χ1) is 5.79. The van der Waals surface area contributed by atoms with Gasteiger partial charge in [0.05, 0.1) is 0 Å². The van der Waals surface area contributed by atoms with Crippen molar-refractivity contribution in [1.82, 2.24) is 5.32 Å². The molecule has 0 aromatic carbocycles. The highest BCUT2D eigenvalue weighted by Gasteiger charge is 2.14. The van der Waals surface area contributed by atoms with E-state index in [4.69, 9.17) is 6.42 Å². The first-order valence-corrected chi connectivity index (χ1v) is 4.90. The minimum Gasteiger partial charge on any atom is -0.317 e.